The lowest BCUT2D eigenvalue weighted by Gasteiger charge is -2.46. The van der Waals surface area contributed by atoms with Crippen molar-refractivity contribution in [1.29, 1.82) is 0 Å². The van der Waals surface area contributed by atoms with E-state index in [1.807, 2.05) is 0 Å². The van der Waals surface area contributed by atoms with Crippen LogP contribution in [0.25, 0.3) is 0 Å². The summed E-state index contributed by atoms with van der Waals surface area (Å²) >= 11 is 0. The molecule has 1 aliphatic heterocycles. The van der Waals surface area contributed by atoms with Crippen LogP contribution in [0.2, 0.25) is 0 Å². The van der Waals surface area contributed by atoms with Gasteiger partial charge >= 0.3 is 0 Å². The highest BCUT2D eigenvalue weighted by Gasteiger charge is 2.42. The minimum atomic E-state index is 0.0384. The molecule has 2 aliphatic rings. The predicted molar refractivity (Wildman–Crippen MR) is 51.4 cm³/mol. The van der Waals surface area contributed by atoms with E-state index in [0.717, 1.165) is 19.4 Å². The molecular weight excluding hydrogens is 164 g/mol. The molecule has 74 valence electrons. The second-order valence-electron chi connectivity index (χ2n) is 4.64. The summed E-state index contributed by atoms with van der Waals surface area (Å²) in [6, 6.07) is 0. The third-order valence-corrected chi connectivity index (χ3v) is 3.65. The first-order valence-corrected chi connectivity index (χ1v) is 5.06. The fourth-order valence-corrected chi connectivity index (χ4v) is 2.49. The van der Waals surface area contributed by atoms with Crippen molar-refractivity contribution in [3.8, 4) is 0 Å². The van der Waals surface area contributed by atoms with E-state index in [9.17, 15) is 5.11 Å². The molecule has 2 bridgehead atoms. The molecule has 2 heteroatoms. The molecule has 0 radical (unpaired) electrons. The molecule has 1 fully saturated rings. The van der Waals surface area contributed by atoms with Crippen LogP contribution in [0.5, 0.6) is 0 Å². The van der Waals surface area contributed by atoms with Gasteiger partial charge in [0, 0.05) is 11.3 Å². The van der Waals surface area contributed by atoms with Gasteiger partial charge in [-0.05, 0) is 26.7 Å². The van der Waals surface area contributed by atoms with Crippen LogP contribution in [0.3, 0.4) is 0 Å². The highest BCUT2D eigenvalue weighted by atomic mass is 16.5. The van der Waals surface area contributed by atoms with Gasteiger partial charge in [-0.15, -0.1) is 0 Å². The topological polar surface area (TPSA) is 29.5 Å². The largest absolute Gasteiger partial charge is 0.396 e. The molecule has 1 N–H and O–H groups in total. The third-order valence-electron chi connectivity index (χ3n) is 3.65. The number of hydrogen-bond acceptors (Lipinski definition) is 2. The average molecular weight is 182 g/mol. The van der Waals surface area contributed by atoms with Crippen molar-refractivity contribution in [2.24, 2.45) is 11.3 Å². The summed E-state index contributed by atoms with van der Waals surface area (Å²) in [5, 5.41) is 9.36. The van der Waals surface area contributed by atoms with Crippen LogP contribution in [-0.4, -0.2) is 24.4 Å². The van der Waals surface area contributed by atoms with Crippen molar-refractivity contribution < 1.29 is 9.84 Å². The second kappa shape index (κ2) is 3.10. The summed E-state index contributed by atoms with van der Waals surface area (Å²) in [5.74, 6) is 0.537. The van der Waals surface area contributed by atoms with Gasteiger partial charge in [0.15, 0.2) is 0 Å². The van der Waals surface area contributed by atoms with E-state index in [1.165, 1.54) is 5.57 Å². The van der Waals surface area contributed by atoms with E-state index >= 15 is 0 Å². The van der Waals surface area contributed by atoms with Gasteiger partial charge in [0.1, 0.15) is 0 Å². The fourth-order valence-electron chi connectivity index (χ4n) is 2.49. The minimum absolute atomic E-state index is 0.0384. The summed E-state index contributed by atoms with van der Waals surface area (Å²) in [4.78, 5) is 0. The Bertz CT molecular complexity index is 234. The zero-order valence-electron chi connectivity index (χ0n) is 8.42. The summed E-state index contributed by atoms with van der Waals surface area (Å²) in [5.41, 5.74) is 1.48. The van der Waals surface area contributed by atoms with Gasteiger partial charge in [-0.1, -0.05) is 11.6 Å². The van der Waals surface area contributed by atoms with E-state index in [-0.39, 0.29) is 12.0 Å². The SMILES string of the molecule is CC1=CC[C@@]2(CO)CO[C@@H](C)[C@@H]1C2. The number of ether oxygens (including phenoxy) is 1. The van der Waals surface area contributed by atoms with E-state index in [4.69, 9.17) is 4.74 Å². The molecule has 3 atom stereocenters. The molecule has 2 nitrogen and oxygen atoms in total. The molecule has 1 heterocycles. The van der Waals surface area contributed by atoms with Gasteiger partial charge < -0.3 is 9.84 Å². The monoisotopic (exact) mass is 182 g/mol. The Morgan fingerprint density at radius 2 is 2.46 bits per heavy atom. The number of aliphatic hydroxyl groups is 1. The normalized spacial score (nSPS) is 44.4. The van der Waals surface area contributed by atoms with Gasteiger partial charge in [-0.3, -0.25) is 0 Å². The first-order valence-electron chi connectivity index (χ1n) is 5.06. The molecule has 13 heavy (non-hydrogen) atoms. The standard InChI is InChI=1S/C11H18O2/c1-8-3-4-11(6-12)5-10(8)9(2)13-7-11/h3,9-10,12H,4-7H2,1-2H3/t9-,10+,11+/m0/s1. The number of allylic oxidation sites excluding steroid dienone is 1. The van der Waals surface area contributed by atoms with Crippen LogP contribution in [0.4, 0.5) is 0 Å². The Kier molecular flexibility index (Phi) is 2.20. The van der Waals surface area contributed by atoms with Crippen molar-refractivity contribution >= 4 is 0 Å². The lowest BCUT2D eigenvalue weighted by atomic mass is 9.68. The molecule has 0 amide bonds. The Labute approximate surface area is 79.6 Å². The smallest absolute Gasteiger partial charge is 0.0612 e. The van der Waals surface area contributed by atoms with Crippen LogP contribution in [0, 0.1) is 11.3 Å². The molecular formula is C11H18O2. The summed E-state index contributed by atoms with van der Waals surface area (Å²) in [6.45, 7) is 5.30. The Morgan fingerprint density at radius 1 is 1.69 bits per heavy atom. The number of rotatable bonds is 1. The van der Waals surface area contributed by atoms with Crippen LogP contribution in [0.1, 0.15) is 26.7 Å². The zero-order chi connectivity index (χ0) is 9.47. The number of hydrogen-bond donors (Lipinski definition) is 1. The first kappa shape index (κ1) is 9.22. The second-order valence-corrected chi connectivity index (χ2v) is 4.64. The average Bonchev–Trinajstić information content (AvgIpc) is 2.17. The number of aliphatic hydroxyl groups excluding tert-OH is 1. The van der Waals surface area contributed by atoms with E-state index in [1.54, 1.807) is 0 Å². The van der Waals surface area contributed by atoms with Crippen molar-refractivity contribution in [2.75, 3.05) is 13.2 Å². The summed E-state index contributed by atoms with van der Waals surface area (Å²) in [6.07, 6.45) is 4.70. The molecule has 0 unspecified atom stereocenters. The van der Waals surface area contributed by atoms with Gasteiger partial charge in [-0.2, -0.15) is 0 Å². The molecule has 0 spiro atoms. The molecule has 2 rings (SSSR count). The van der Waals surface area contributed by atoms with E-state index in [2.05, 4.69) is 19.9 Å². The van der Waals surface area contributed by atoms with E-state index in [0.29, 0.717) is 12.0 Å². The molecule has 1 aliphatic carbocycles. The minimum Gasteiger partial charge on any atom is -0.396 e. The van der Waals surface area contributed by atoms with E-state index < -0.39 is 0 Å². The maximum absolute atomic E-state index is 9.36. The molecule has 1 saturated heterocycles. The lowest BCUT2D eigenvalue weighted by molar-refractivity contribution is -0.104. The Balaban J connectivity index is 2.24. The molecule has 0 aromatic rings. The molecule has 0 aromatic carbocycles. The van der Waals surface area contributed by atoms with Crippen LogP contribution in [0.15, 0.2) is 11.6 Å². The summed E-state index contributed by atoms with van der Waals surface area (Å²) < 4.78 is 5.71. The lowest BCUT2D eigenvalue weighted by Crippen LogP contribution is -2.45. The van der Waals surface area contributed by atoms with Crippen molar-refractivity contribution in [1.82, 2.24) is 0 Å². The Hall–Kier alpha value is -0.340. The highest BCUT2D eigenvalue weighted by Crippen LogP contribution is 2.44. The zero-order valence-corrected chi connectivity index (χ0v) is 8.42. The van der Waals surface area contributed by atoms with Crippen LogP contribution >= 0.6 is 0 Å². The van der Waals surface area contributed by atoms with Gasteiger partial charge in [0.05, 0.1) is 19.3 Å². The van der Waals surface area contributed by atoms with Gasteiger partial charge in [0.2, 0.25) is 0 Å². The van der Waals surface area contributed by atoms with Crippen molar-refractivity contribution in [2.45, 2.75) is 32.8 Å². The molecule has 0 saturated carbocycles. The number of fused-ring (bicyclic) bond motifs is 2. The van der Waals surface area contributed by atoms with Crippen LogP contribution in [-0.2, 0) is 4.74 Å². The first-order chi connectivity index (χ1) is 6.17. The molecule has 0 aromatic heterocycles. The Morgan fingerprint density at radius 3 is 3.15 bits per heavy atom. The van der Waals surface area contributed by atoms with Crippen molar-refractivity contribution in [3.05, 3.63) is 11.6 Å². The highest BCUT2D eigenvalue weighted by molar-refractivity contribution is 5.15. The van der Waals surface area contributed by atoms with Gasteiger partial charge in [0.25, 0.3) is 0 Å². The third kappa shape index (κ3) is 1.42. The summed E-state index contributed by atoms with van der Waals surface area (Å²) in [7, 11) is 0. The van der Waals surface area contributed by atoms with Crippen LogP contribution < -0.4 is 0 Å². The quantitative estimate of drug-likeness (QED) is 0.626. The maximum atomic E-state index is 9.36. The maximum Gasteiger partial charge on any atom is 0.0612 e. The predicted octanol–water partition coefficient (Wildman–Crippen LogP) is 1.74. The van der Waals surface area contributed by atoms with Crippen molar-refractivity contribution in [3.63, 3.8) is 0 Å². The fraction of sp³-hybridized carbons (Fsp3) is 0.818. The van der Waals surface area contributed by atoms with Gasteiger partial charge in [-0.25, -0.2) is 0 Å².